The van der Waals surface area contributed by atoms with Gasteiger partial charge in [-0.15, -0.1) is 0 Å². The predicted octanol–water partition coefficient (Wildman–Crippen LogP) is 4.17. The van der Waals surface area contributed by atoms with Crippen LogP contribution in [0.4, 0.5) is 5.82 Å². The van der Waals surface area contributed by atoms with Gasteiger partial charge in [0.05, 0.1) is 15.9 Å². The van der Waals surface area contributed by atoms with Crippen molar-refractivity contribution < 1.29 is 0 Å². The number of rotatable bonds is 1. The number of halogens is 2. The molecule has 1 aromatic carbocycles. The van der Waals surface area contributed by atoms with E-state index in [2.05, 4.69) is 41.8 Å². The zero-order valence-corrected chi connectivity index (χ0v) is 12.9. The summed E-state index contributed by atoms with van der Waals surface area (Å²) in [6.45, 7) is 6.31. The van der Waals surface area contributed by atoms with Crippen LogP contribution in [0.3, 0.4) is 0 Å². The molecule has 0 fully saturated rings. The highest BCUT2D eigenvalue weighted by Crippen LogP contribution is 2.34. The van der Waals surface area contributed by atoms with Gasteiger partial charge in [0.25, 0.3) is 0 Å². The minimum absolute atomic E-state index is 0.0649. The molecule has 2 rings (SSSR count). The highest BCUT2D eigenvalue weighted by Gasteiger charge is 2.24. The van der Waals surface area contributed by atoms with Crippen molar-refractivity contribution in [3.63, 3.8) is 0 Å². The average molecular weight is 329 g/mol. The summed E-state index contributed by atoms with van der Waals surface area (Å²) in [6.07, 6.45) is 0. The molecule has 0 saturated carbocycles. The van der Waals surface area contributed by atoms with Crippen molar-refractivity contribution in [3.8, 4) is 5.69 Å². The number of nitrogen functional groups attached to an aromatic ring is 1. The molecular formula is C13H15BrClN3. The Kier molecular flexibility index (Phi) is 3.43. The van der Waals surface area contributed by atoms with Crippen molar-refractivity contribution in [3.05, 3.63) is 39.5 Å². The van der Waals surface area contributed by atoms with Crippen LogP contribution in [-0.2, 0) is 5.41 Å². The number of aromatic nitrogens is 2. The van der Waals surface area contributed by atoms with E-state index in [0.29, 0.717) is 10.8 Å². The first-order valence-corrected chi connectivity index (χ1v) is 6.78. The van der Waals surface area contributed by atoms with Crippen LogP contribution in [0.5, 0.6) is 0 Å². The highest BCUT2D eigenvalue weighted by molar-refractivity contribution is 9.10. The molecule has 96 valence electrons. The van der Waals surface area contributed by atoms with E-state index in [1.54, 1.807) is 4.68 Å². The average Bonchev–Trinajstić information content (AvgIpc) is 2.57. The number of hydrogen-bond donors (Lipinski definition) is 1. The lowest BCUT2D eigenvalue weighted by atomic mass is 9.92. The molecule has 3 nitrogen and oxygen atoms in total. The zero-order chi connectivity index (χ0) is 13.5. The number of benzene rings is 1. The van der Waals surface area contributed by atoms with Crippen molar-refractivity contribution in [1.29, 1.82) is 0 Å². The maximum atomic E-state index is 6.09. The molecule has 1 heterocycles. The molecule has 0 aliphatic rings. The number of nitrogens with zero attached hydrogens (tertiary/aromatic N) is 2. The Morgan fingerprint density at radius 1 is 1.22 bits per heavy atom. The quantitative estimate of drug-likeness (QED) is 0.854. The monoisotopic (exact) mass is 327 g/mol. The Hall–Kier alpha value is -1.00. The van der Waals surface area contributed by atoms with Gasteiger partial charge >= 0.3 is 0 Å². The van der Waals surface area contributed by atoms with E-state index in [4.69, 9.17) is 17.3 Å². The molecule has 18 heavy (non-hydrogen) atoms. The fraction of sp³-hybridized carbons (Fsp3) is 0.308. The molecule has 0 unspecified atom stereocenters. The fourth-order valence-corrected chi connectivity index (χ4v) is 2.64. The molecule has 0 radical (unpaired) electrons. The minimum atomic E-state index is -0.0649. The molecule has 0 aliphatic carbocycles. The summed E-state index contributed by atoms with van der Waals surface area (Å²) in [6, 6.07) is 7.43. The Balaban J connectivity index is 2.56. The van der Waals surface area contributed by atoms with E-state index in [1.165, 1.54) is 0 Å². The van der Waals surface area contributed by atoms with Gasteiger partial charge in [-0.2, -0.15) is 5.10 Å². The third-order valence-corrected chi connectivity index (χ3v) is 3.68. The van der Waals surface area contributed by atoms with Crippen molar-refractivity contribution in [1.82, 2.24) is 9.78 Å². The summed E-state index contributed by atoms with van der Waals surface area (Å²) >= 11 is 9.39. The van der Waals surface area contributed by atoms with E-state index in [0.717, 1.165) is 15.9 Å². The highest BCUT2D eigenvalue weighted by atomic mass is 79.9. The largest absolute Gasteiger partial charge is 0.383 e. The molecule has 0 amide bonds. The first kappa shape index (κ1) is 13.4. The smallest absolute Gasteiger partial charge is 0.141 e. The molecule has 0 aliphatic heterocycles. The molecule has 0 spiro atoms. The first-order chi connectivity index (χ1) is 8.30. The van der Waals surface area contributed by atoms with Crippen LogP contribution in [0.25, 0.3) is 5.69 Å². The SMILES string of the molecule is CC(C)(C)c1nn(-c2ccc(Cl)cc2)c(N)c1Br. The molecule has 0 saturated heterocycles. The number of nitrogens with two attached hydrogens (primary N) is 1. The molecular weight excluding hydrogens is 314 g/mol. The summed E-state index contributed by atoms with van der Waals surface area (Å²) in [4.78, 5) is 0. The summed E-state index contributed by atoms with van der Waals surface area (Å²) in [5, 5.41) is 5.28. The Morgan fingerprint density at radius 3 is 2.22 bits per heavy atom. The zero-order valence-electron chi connectivity index (χ0n) is 10.5. The fourth-order valence-electron chi connectivity index (χ4n) is 1.67. The summed E-state index contributed by atoms with van der Waals surface area (Å²) < 4.78 is 2.58. The van der Waals surface area contributed by atoms with Crippen molar-refractivity contribution in [2.75, 3.05) is 5.73 Å². The van der Waals surface area contributed by atoms with Crippen LogP contribution in [-0.4, -0.2) is 9.78 Å². The molecule has 0 bridgehead atoms. The van der Waals surface area contributed by atoms with Gasteiger partial charge in [-0.25, -0.2) is 4.68 Å². The van der Waals surface area contributed by atoms with Crippen LogP contribution >= 0.6 is 27.5 Å². The number of hydrogen-bond acceptors (Lipinski definition) is 2. The van der Waals surface area contributed by atoms with E-state index in [-0.39, 0.29) is 5.41 Å². The van der Waals surface area contributed by atoms with Gasteiger partial charge in [-0.1, -0.05) is 32.4 Å². The molecule has 2 aromatic rings. The van der Waals surface area contributed by atoms with Crippen LogP contribution in [0.15, 0.2) is 28.7 Å². The number of anilines is 1. The lowest BCUT2D eigenvalue weighted by Crippen LogP contribution is -2.13. The third-order valence-electron chi connectivity index (χ3n) is 2.64. The molecule has 0 atom stereocenters. The second-order valence-electron chi connectivity index (χ2n) is 5.19. The Bertz CT molecular complexity index is 567. The molecule has 5 heteroatoms. The summed E-state index contributed by atoms with van der Waals surface area (Å²) in [5.74, 6) is 0.599. The standard InChI is InChI=1S/C13H15BrClN3/c1-13(2,3)11-10(14)12(16)18(17-11)9-6-4-8(15)5-7-9/h4-7H,16H2,1-3H3. The first-order valence-electron chi connectivity index (χ1n) is 5.61. The van der Waals surface area contributed by atoms with E-state index >= 15 is 0 Å². The summed E-state index contributed by atoms with van der Waals surface area (Å²) in [7, 11) is 0. The predicted molar refractivity (Wildman–Crippen MR) is 79.4 cm³/mol. The van der Waals surface area contributed by atoms with Gasteiger partial charge in [0.15, 0.2) is 0 Å². The van der Waals surface area contributed by atoms with Gasteiger partial charge in [-0.05, 0) is 40.2 Å². The third kappa shape index (κ3) is 2.40. The van der Waals surface area contributed by atoms with Crippen LogP contribution in [0.1, 0.15) is 26.5 Å². The van der Waals surface area contributed by atoms with E-state index in [1.807, 2.05) is 24.3 Å². The normalized spacial score (nSPS) is 11.8. The molecule has 2 N–H and O–H groups in total. The maximum Gasteiger partial charge on any atom is 0.141 e. The van der Waals surface area contributed by atoms with Crippen molar-refractivity contribution in [2.24, 2.45) is 0 Å². The maximum absolute atomic E-state index is 6.09. The van der Waals surface area contributed by atoms with Crippen molar-refractivity contribution in [2.45, 2.75) is 26.2 Å². The van der Waals surface area contributed by atoms with E-state index < -0.39 is 0 Å². The Morgan fingerprint density at radius 2 is 1.78 bits per heavy atom. The lowest BCUT2D eigenvalue weighted by Gasteiger charge is -2.15. The van der Waals surface area contributed by atoms with Crippen LogP contribution in [0.2, 0.25) is 5.02 Å². The van der Waals surface area contributed by atoms with E-state index in [9.17, 15) is 0 Å². The van der Waals surface area contributed by atoms with Gasteiger partial charge in [0.2, 0.25) is 0 Å². The van der Waals surface area contributed by atoms with Gasteiger partial charge < -0.3 is 5.73 Å². The minimum Gasteiger partial charge on any atom is -0.383 e. The van der Waals surface area contributed by atoms with Gasteiger partial charge in [0, 0.05) is 10.4 Å². The van der Waals surface area contributed by atoms with Gasteiger partial charge in [0.1, 0.15) is 5.82 Å². The van der Waals surface area contributed by atoms with Crippen molar-refractivity contribution >= 4 is 33.3 Å². The summed E-state index contributed by atoms with van der Waals surface area (Å²) in [5.41, 5.74) is 7.86. The second-order valence-corrected chi connectivity index (χ2v) is 6.42. The molecule has 1 aromatic heterocycles. The van der Waals surface area contributed by atoms with Crippen LogP contribution < -0.4 is 5.73 Å². The topological polar surface area (TPSA) is 43.8 Å². The Labute approximate surface area is 120 Å². The second kappa shape index (κ2) is 4.59. The van der Waals surface area contributed by atoms with Crippen LogP contribution in [0, 0.1) is 0 Å². The van der Waals surface area contributed by atoms with Gasteiger partial charge in [-0.3, -0.25) is 0 Å². The lowest BCUT2D eigenvalue weighted by molar-refractivity contribution is 0.558.